The van der Waals surface area contributed by atoms with E-state index in [1.54, 1.807) is 17.0 Å². The second-order valence-electron chi connectivity index (χ2n) is 6.94. The van der Waals surface area contributed by atoms with Gasteiger partial charge in [0.15, 0.2) is 6.10 Å². The van der Waals surface area contributed by atoms with Crippen molar-refractivity contribution in [1.82, 2.24) is 4.90 Å². The van der Waals surface area contributed by atoms with Gasteiger partial charge < -0.3 is 9.74 Å². The highest BCUT2D eigenvalue weighted by molar-refractivity contribution is 6.31. The molecule has 1 heterocycles. The van der Waals surface area contributed by atoms with Crippen LogP contribution < -0.4 is 0 Å². The minimum Gasteiger partial charge on any atom is -0.390 e. The van der Waals surface area contributed by atoms with Crippen LogP contribution in [0.5, 0.6) is 0 Å². The summed E-state index contributed by atoms with van der Waals surface area (Å²) in [7, 11) is 0. The Kier molecular flexibility index (Phi) is 6.11. The molecule has 0 aromatic heterocycles. The summed E-state index contributed by atoms with van der Waals surface area (Å²) < 4.78 is 13.1. The molecule has 2 aromatic rings. The predicted molar refractivity (Wildman–Crippen MR) is 104 cm³/mol. The Bertz CT molecular complexity index is 836. The van der Waals surface area contributed by atoms with E-state index >= 15 is 0 Å². The van der Waals surface area contributed by atoms with Crippen LogP contribution in [0.1, 0.15) is 31.4 Å². The van der Waals surface area contributed by atoms with E-state index in [9.17, 15) is 9.18 Å². The molecule has 1 atom stereocenters. The van der Waals surface area contributed by atoms with Crippen LogP contribution >= 0.6 is 11.6 Å². The van der Waals surface area contributed by atoms with Gasteiger partial charge in [0.2, 0.25) is 5.91 Å². The van der Waals surface area contributed by atoms with Crippen molar-refractivity contribution in [2.45, 2.75) is 32.9 Å². The molecule has 2 aromatic carbocycles. The first kappa shape index (κ1) is 19.4. The maximum Gasteiger partial charge on any atom is 0.225 e. The average molecular weight is 389 g/mol. The monoisotopic (exact) mass is 388 g/mol. The van der Waals surface area contributed by atoms with E-state index in [4.69, 9.17) is 16.4 Å². The van der Waals surface area contributed by atoms with Crippen LogP contribution in [0.25, 0.3) is 0 Å². The van der Waals surface area contributed by atoms with Crippen molar-refractivity contribution < 1.29 is 14.0 Å². The van der Waals surface area contributed by atoms with Crippen molar-refractivity contribution in [3.63, 3.8) is 0 Å². The summed E-state index contributed by atoms with van der Waals surface area (Å²) in [6, 6.07) is 13.7. The van der Waals surface area contributed by atoms with Crippen molar-refractivity contribution in [2.75, 3.05) is 6.54 Å². The first-order valence-electron chi connectivity index (χ1n) is 8.95. The third-order valence-electron chi connectivity index (χ3n) is 4.46. The number of amides is 1. The van der Waals surface area contributed by atoms with E-state index in [2.05, 4.69) is 5.16 Å². The van der Waals surface area contributed by atoms with Gasteiger partial charge in [0, 0.05) is 23.9 Å². The molecule has 1 aliphatic rings. The SMILES string of the molecule is CC(C)C(=O)N(Cc1ccccc1Cl)C[C@H]1CC(c2ccc(F)cc2)=NO1. The number of carbonyl (C=O) groups excluding carboxylic acids is 1. The fourth-order valence-corrected chi connectivity index (χ4v) is 3.21. The molecule has 0 saturated carbocycles. The highest BCUT2D eigenvalue weighted by atomic mass is 35.5. The molecule has 6 heteroatoms. The van der Waals surface area contributed by atoms with Crippen LogP contribution in [0.15, 0.2) is 53.7 Å². The summed E-state index contributed by atoms with van der Waals surface area (Å²) >= 11 is 6.26. The van der Waals surface area contributed by atoms with E-state index in [0.29, 0.717) is 24.5 Å². The van der Waals surface area contributed by atoms with Gasteiger partial charge in [0.25, 0.3) is 0 Å². The number of oxime groups is 1. The standard InChI is InChI=1S/C21H22ClFN2O2/c1-14(2)21(26)25(12-16-5-3-4-6-19(16)22)13-18-11-20(24-27-18)15-7-9-17(23)10-8-15/h3-10,14,18H,11-13H2,1-2H3/t18-/m1/s1. The van der Waals surface area contributed by atoms with E-state index in [1.807, 2.05) is 38.1 Å². The van der Waals surface area contributed by atoms with Gasteiger partial charge in [0.1, 0.15) is 5.82 Å². The number of rotatable bonds is 6. The van der Waals surface area contributed by atoms with Crippen LogP contribution in [0.3, 0.4) is 0 Å². The first-order valence-corrected chi connectivity index (χ1v) is 9.32. The van der Waals surface area contributed by atoms with Crippen LogP contribution in [0.2, 0.25) is 5.02 Å². The van der Waals surface area contributed by atoms with Crippen LogP contribution in [-0.2, 0) is 16.2 Å². The largest absolute Gasteiger partial charge is 0.390 e. The van der Waals surface area contributed by atoms with Gasteiger partial charge in [-0.3, -0.25) is 4.79 Å². The molecule has 0 radical (unpaired) electrons. The summed E-state index contributed by atoms with van der Waals surface area (Å²) in [5, 5.41) is 4.76. The van der Waals surface area contributed by atoms with Crippen LogP contribution in [0, 0.1) is 11.7 Å². The minimum absolute atomic E-state index is 0.0359. The van der Waals surface area contributed by atoms with E-state index in [-0.39, 0.29) is 23.7 Å². The Balaban J connectivity index is 1.69. The van der Waals surface area contributed by atoms with Crippen molar-refractivity contribution in [2.24, 2.45) is 11.1 Å². The Morgan fingerprint density at radius 1 is 1.26 bits per heavy atom. The van der Waals surface area contributed by atoms with Crippen molar-refractivity contribution >= 4 is 23.2 Å². The molecule has 3 rings (SSSR count). The lowest BCUT2D eigenvalue weighted by Gasteiger charge is -2.27. The number of nitrogens with zero attached hydrogens (tertiary/aromatic N) is 2. The zero-order valence-electron chi connectivity index (χ0n) is 15.4. The summed E-state index contributed by atoms with van der Waals surface area (Å²) in [5.74, 6) is -0.386. The molecule has 0 unspecified atom stereocenters. The topological polar surface area (TPSA) is 41.9 Å². The van der Waals surface area contributed by atoms with Crippen LogP contribution in [-0.4, -0.2) is 29.2 Å². The molecule has 0 N–H and O–H groups in total. The van der Waals surface area contributed by atoms with Gasteiger partial charge in [-0.15, -0.1) is 0 Å². The lowest BCUT2D eigenvalue weighted by Crippen LogP contribution is -2.39. The second kappa shape index (κ2) is 8.53. The highest BCUT2D eigenvalue weighted by Gasteiger charge is 2.28. The number of hydrogen-bond donors (Lipinski definition) is 0. The first-order chi connectivity index (χ1) is 12.9. The molecular weight excluding hydrogens is 367 g/mol. The summed E-state index contributed by atoms with van der Waals surface area (Å²) in [4.78, 5) is 20.0. The Morgan fingerprint density at radius 3 is 2.63 bits per heavy atom. The van der Waals surface area contributed by atoms with Gasteiger partial charge in [0.05, 0.1) is 12.3 Å². The molecule has 4 nitrogen and oxygen atoms in total. The molecule has 0 fully saturated rings. The summed E-state index contributed by atoms with van der Waals surface area (Å²) in [6.07, 6.45) is 0.325. The van der Waals surface area contributed by atoms with Crippen molar-refractivity contribution in [3.05, 3.63) is 70.5 Å². The average Bonchev–Trinajstić information content (AvgIpc) is 3.11. The number of hydrogen-bond acceptors (Lipinski definition) is 3. The lowest BCUT2D eigenvalue weighted by molar-refractivity contribution is -0.136. The molecule has 1 amide bonds. The lowest BCUT2D eigenvalue weighted by atomic mass is 10.0. The van der Waals surface area contributed by atoms with E-state index in [1.165, 1.54) is 12.1 Å². The molecule has 0 saturated heterocycles. The molecule has 27 heavy (non-hydrogen) atoms. The quantitative estimate of drug-likeness (QED) is 0.722. The molecule has 0 spiro atoms. The number of halogens is 2. The molecule has 142 valence electrons. The fraction of sp³-hybridized carbons (Fsp3) is 0.333. The zero-order valence-corrected chi connectivity index (χ0v) is 16.1. The molecule has 0 bridgehead atoms. The number of carbonyl (C=O) groups is 1. The van der Waals surface area contributed by atoms with Crippen LogP contribution in [0.4, 0.5) is 4.39 Å². The third kappa shape index (κ3) is 4.86. The molecular formula is C21H22ClFN2O2. The van der Waals surface area contributed by atoms with E-state index in [0.717, 1.165) is 16.8 Å². The highest BCUT2D eigenvalue weighted by Crippen LogP contribution is 2.22. The zero-order chi connectivity index (χ0) is 19.4. The Morgan fingerprint density at radius 2 is 1.96 bits per heavy atom. The molecule has 1 aliphatic heterocycles. The second-order valence-corrected chi connectivity index (χ2v) is 7.35. The fourth-order valence-electron chi connectivity index (χ4n) is 3.01. The van der Waals surface area contributed by atoms with Gasteiger partial charge in [-0.25, -0.2) is 4.39 Å². The van der Waals surface area contributed by atoms with Gasteiger partial charge in [-0.2, -0.15) is 0 Å². The van der Waals surface area contributed by atoms with Gasteiger partial charge >= 0.3 is 0 Å². The minimum atomic E-state index is -0.289. The predicted octanol–water partition coefficient (Wildman–Crippen LogP) is 4.66. The van der Waals surface area contributed by atoms with Crippen molar-refractivity contribution in [1.29, 1.82) is 0 Å². The maximum atomic E-state index is 13.1. The summed E-state index contributed by atoms with van der Waals surface area (Å²) in [6.45, 7) is 4.58. The summed E-state index contributed by atoms with van der Waals surface area (Å²) in [5.41, 5.74) is 2.48. The number of benzene rings is 2. The van der Waals surface area contributed by atoms with Crippen molar-refractivity contribution in [3.8, 4) is 0 Å². The maximum absolute atomic E-state index is 13.1. The third-order valence-corrected chi connectivity index (χ3v) is 4.83. The molecule has 0 aliphatic carbocycles. The van der Waals surface area contributed by atoms with Gasteiger partial charge in [-0.05, 0) is 29.3 Å². The Hall–Kier alpha value is -2.40. The van der Waals surface area contributed by atoms with Gasteiger partial charge in [-0.1, -0.05) is 60.9 Å². The Labute approximate surface area is 163 Å². The normalized spacial score (nSPS) is 16.2. The van der Waals surface area contributed by atoms with E-state index < -0.39 is 0 Å². The smallest absolute Gasteiger partial charge is 0.225 e.